The number of aromatic nitrogens is 3. The quantitative estimate of drug-likeness (QED) is 0.599. The SMILES string of the molecule is CCc1noc(C(C)(C)Cc2[nH]c3ccc(O)cc3c2SC(C)(C)C)n1. The van der Waals surface area contributed by atoms with Gasteiger partial charge in [0, 0.05) is 44.5 Å². The van der Waals surface area contributed by atoms with Gasteiger partial charge in [0.05, 0.1) is 0 Å². The fourth-order valence-corrected chi connectivity index (χ4v) is 4.09. The van der Waals surface area contributed by atoms with Gasteiger partial charge in [0.1, 0.15) is 5.75 Å². The predicted molar refractivity (Wildman–Crippen MR) is 106 cm³/mol. The zero-order valence-electron chi connectivity index (χ0n) is 16.3. The number of benzene rings is 1. The number of thioether (sulfide) groups is 1. The average molecular weight is 374 g/mol. The molecule has 3 rings (SSSR count). The third-order valence-electron chi connectivity index (χ3n) is 4.20. The number of phenols is 1. The van der Waals surface area contributed by atoms with E-state index in [2.05, 4.69) is 49.7 Å². The van der Waals surface area contributed by atoms with Crippen molar-refractivity contribution >= 4 is 22.7 Å². The van der Waals surface area contributed by atoms with Gasteiger partial charge in [-0.25, -0.2) is 0 Å². The number of aromatic amines is 1. The van der Waals surface area contributed by atoms with Crippen LogP contribution in [0.3, 0.4) is 0 Å². The molecule has 0 aliphatic carbocycles. The van der Waals surface area contributed by atoms with E-state index >= 15 is 0 Å². The van der Waals surface area contributed by atoms with Gasteiger partial charge in [-0.1, -0.05) is 46.7 Å². The number of phenolic OH excluding ortho intramolecular Hbond substituents is 1. The minimum absolute atomic E-state index is 0.0549. The highest BCUT2D eigenvalue weighted by molar-refractivity contribution is 8.00. The summed E-state index contributed by atoms with van der Waals surface area (Å²) in [6.45, 7) is 12.8. The van der Waals surface area contributed by atoms with Crippen molar-refractivity contribution in [2.45, 2.75) is 69.4 Å². The van der Waals surface area contributed by atoms with Crippen LogP contribution in [0.5, 0.6) is 5.75 Å². The zero-order chi connectivity index (χ0) is 19.1. The second-order valence-electron chi connectivity index (χ2n) is 8.31. The molecule has 2 N–H and O–H groups in total. The summed E-state index contributed by atoms with van der Waals surface area (Å²) in [5.74, 6) is 1.67. The van der Waals surface area contributed by atoms with Crippen LogP contribution in [0.4, 0.5) is 0 Å². The molecule has 0 spiro atoms. The number of H-pyrrole nitrogens is 1. The number of hydrogen-bond acceptors (Lipinski definition) is 5. The van der Waals surface area contributed by atoms with E-state index < -0.39 is 0 Å². The molecule has 0 radical (unpaired) electrons. The summed E-state index contributed by atoms with van der Waals surface area (Å²) in [5, 5.41) is 15.0. The van der Waals surface area contributed by atoms with E-state index in [1.165, 1.54) is 4.90 Å². The molecule has 0 amide bonds. The van der Waals surface area contributed by atoms with Crippen LogP contribution < -0.4 is 0 Å². The van der Waals surface area contributed by atoms with Crippen molar-refractivity contribution in [2.24, 2.45) is 0 Å². The van der Waals surface area contributed by atoms with E-state index in [4.69, 9.17) is 4.52 Å². The van der Waals surface area contributed by atoms with E-state index in [1.54, 1.807) is 6.07 Å². The highest BCUT2D eigenvalue weighted by Crippen LogP contribution is 2.42. The summed E-state index contributed by atoms with van der Waals surface area (Å²) in [6.07, 6.45) is 1.50. The molecule has 2 aromatic heterocycles. The number of aromatic hydroxyl groups is 1. The van der Waals surface area contributed by atoms with Gasteiger partial charge in [0.25, 0.3) is 0 Å². The monoisotopic (exact) mass is 373 g/mol. The second-order valence-corrected chi connectivity index (χ2v) is 10.1. The minimum Gasteiger partial charge on any atom is -0.508 e. The maximum atomic E-state index is 9.95. The Balaban J connectivity index is 2.04. The number of hydrogen-bond donors (Lipinski definition) is 2. The van der Waals surface area contributed by atoms with Gasteiger partial charge in [-0.05, 0) is 18.2 Å². The summed E-state index contributed by atoms with van der Waals surface area (Å²) in [5.41, 5.74) is 1.86. The molecule has 0 aliphatic rings. The molecule has 0 atom stereocenters. The van der Waals surface area contributed by atoms with Gasteiger partial charge in [-0.2, -0.15) is 4.98 Å². The molecule has 0 saturated carbocycles. The number of rotatable bonds is 5. The lowest BCUT2D eigenvalue weighted by molar-refractivity contribution is 0.302. The predicted octanol–water partition coefficient (Wildman–Crippen LogP) is 5.23. The van der Waals surface area contributed by atoms with E-state index in [9.17, 15) is 5.11 Å². The molecule has 26 heavy (non-hydrogen) atoms. The van der Waals surface area contributed by atoms with Crippen LogP contribution in [0.2, 0.25) is 0 Å². The average Bonchev–Trinajstić information content (AvgIpc) is 3.12. The van der Waals surface area contributed by atoms with Crippen LogP contribution in [0.25, 0.3) is 10.9 Å². The van der Waals surface area contributed by atoms with Crippen LogP contribution in [-0.2, 0) is 18.3 Å². The Bertz CT molecular complexity index is 919. The van der Waals surface area contributed by atoms with Gasteiger partial charge in [-0.3, -0.25) is 0 Å². The standard InChI is InChI=1S/C20H27N3O2S/c1-7-16-22-18(25-23-16)20(5,6)11-15-17(26-19(2,3)4)13-10-12(24)8-9-14(13)21-15/h8-10,21,24H,7,11H2,1-6H3. The van der Waals surface area contributed by atoms with Gasteiger partial charge in [0.15, 0.2) is 5.82 Å². The van der Waals surface area contributed by atoms with Crippen LogP contribution in [0, 0.1) is 0 Å². The van der Waals surface area contributed by atoms with Crippen molar-refractivity contribution in [3.05, 3.63) is 35.6 Å². The van der Waals surface area contributed by atoms with Crippen LogP contribution in [0.1, 0.15) is 59.0 Å². The maximum Gasteiger partial charge on any atom is 0.232 e. The molecule has 1 aromatic carbocycles. The van der Waals surface area contributed by atoms with Crippen LogP contribution in [0.15, 0.2) is 27.6 Å². The Morgan fingerprint density at radius 3 is 2.54 bits per heavy atom. The minimum atomic E-state index is -0.295. The summed E-state index contributed by atoms with van der Waals surface area (Å²) >= 11 is 1.81. The van der Waals surface area contributed by atoms with Gasteiger partial charge >= 0.3 is 0 Å². The van der Waals surface area contributed by atoms with E-state index in [-0.39, 0.29) is 15.9 Å². The molecule has 2 heterocycles. The summed E-state index contributed by atoms with van der Waals surface area (Å²) in [4.78, 5) is 9.24. The Hall–Kier alpha value is -1.95. The van der Waals surface area contributed by atoms with Crippen molar-refractivity contribution in [1.29, 1.82) is 0 Å². The van der Waals surface area contributed by atoms with E-state index in [0.29, 0.717) is 5.89 Å². The van der Waals surface area contributed by atoms with Gasteiger partial charge < -0.3 is 14.6 Å². The summed E-state index contributed by atoms with van der Waals surface area (Å²) in [6, 6.07) is 5.47. The zero-order valence-corrected chi connectivity index (χ0v) is 17.1. The second kappa shape index (κ2) is 6.65. The van der Waals surface area contributed by atoms with Crippen LogP contribution in [-0.4, -0.2) is 25.0 Å². The van der Waals surface area contributed by atoms with Gasteiger partial charge in [0.2, 0.25) is 5.89 Å². The Labute approximate surface area is 158 Å². The highest BCUT2D eigenvalue weighted by atomic mass is 32.2. The number of nitrogens with one attached hydrogen (secondary N) is 1. The summed E-state index contributed by atoms with van der Waals surface area (Å²) in [7, 11) is 0. The fourth-order valence-electron chi connectivity index (χ4n) is 2.95. The normalized spacial score (nSPS) is 12.8. The Kier molecular flexibility index (Phi) is 4.82. The number of nitrogens with zero attached hydrogens (tertiary/aromatic N) is 2. The van der Waals surface area contributed by atoms with E-state index in [0.717, 1.165) is 35.3 Å². The van der Waals surface area contributed by atoms with Crippen molar-refractivity contribution in [1.82, 2.24) is 15.1 Å². The molecule has 5 nitrogen and oxygen atoms in total. The number of aryl methyl sites for hydroxylation is 1. The lowest BCUT2D eigenvalue weighted by Crippen LogP contribution is -2.22. The molecular weight excluding hydrogens is 346 g/mol. The van der Waals surface area contributed by atoms with Crippen molar-refractivity contribution < 1.29 is 9.63 Å². The molecule has 0 bridgehead atoms. The Morgan fingerprint density at radius 1 is 1.19 bits per heavy atom. The third kappa shape index (κ3) is 3.90. The number of fused-ring (bicyclic) bond motifs is 1. The molecule has 0 saturated heterocycles. The fraction of sp³-hybridized carbons (Fsp3) is 0.500. The maximum absolute atomic E-state index is 9.95. The van der Waals surface area contributed by atoms with Crippen LogP contribution >= 0.6 is 11.8 Å². The van der Waals surface area contributed by atoms with Crippen molar-refractivity contribution in [3.8, 4) is 5.75 Å². The van der Waals surface area contributed by atoms with Crippen molar-refractivity contribution in [2.75, 3.05) is 0 Å². The topological polar surface area (TPSA) is 74.9 Å². The van der Waals surface area contributed by atoms with Crippen molar-refractivity contribution in [3.63, 3.8) is 0 Å². The summed E-state index contributed by atoms with van der Waals surface area (Å²) < 4.78 is 5.56. The molecule has 3 aromatic rings. The largest absolute Gasteiger partial charge is 0.508 e. The lowest BCUT2D eigenvalue weighted by atomic mass is 9.87. The smallest absolute Gasteiger partial charge is 0.232 e. The Morgan fingerprint density at radius 2 is 1.92 bits per heavy atom. The van der Waals surface area contributed by atoms with Gasteiger partial charge in [-0.15, -0.1) is 11.8 Å². The first kappa shape index (κ1) is 18.8. The first-order valence-corrected chi connectivity index (χ1v) is 9.76. The molecule has 0 aliphatic heterocycles. The molecule has 0 unspecified atom stereocenters. The highest BCUT2D eigenvalue weighted by Gasteiger charge is 2.31. The molecule has 6 heteroatoms. The molecular formula is C20H27N3O2S. The molecule has 140 valence electrons. The first-order chi connectivity index (χ1) is 12.1. The lowest BCUT2D eigenvalue weighted by Gasteiger charge is -2.22. The first-order valence-electron chi connectivity index (χ1n) is 8.95. The molecule has 0 fully saturated rings. The van der Waals surface area contributed by atoms with E-state index in [1.807, 2.05) is 30.8 Å². The third-order valence-corrected chi connectivity index (χ3v) is 5.48.